The van der Waals surface area contributed by atoms with Crippen LogP contribution >= 0.6 is 0 Å². The lowest BCUT2D eigenvalue weighted by Crippen LogP contribution is -2.32. The van der Waals surface area contributed by atoms with E-state index in [1.165, 1.54) is 0 Å². The average molecular weight is 182 g/mol. The summed E-state index contributed by atoms with van der Waals surface area (Å²) in [6.45, 7) is 7.78. The fourth-order valence-electron chi connectivity index (χ4n) is 1.37. The lowest BCUT2D eigenvalue weighted by Gasteiger charge is -2.21. The second-order valence-corrected chi connectivity index (χ2v) is 3.21. The maximum absolute atomic E-state index is 5.27. The highest BCUT2D eigenvalue weighted by molar-refractivity contribution is 4.89. The van der Waals surface area contributed by atoms with Gasteiger partial charge >= 0.3 is 0 Å². The highest BCUT2D eigenvalue weighted by Gasteiger charge is 2.06. The molecule has 0 saturated carbocycles. The normalized spacial score (nSPS) is 12.8. The summed E-state index contributed by atoms with van der Waals surface area (Å²) in [5.74, 6) is 2.70. The van der Waals surface area contributed by atoms with Gasteiger partial charge in [0.05, 0.1) is 0 Å². The Balaban J connectivity index is 3.64. The first-order chi connectivity index (χ1) is 6.28. The van der Waals surface area contributed by atoms with E-state index < -0.39 is 0 Å². The Kier molecular flexibility index (Phi) is 7.77. The summed E-state index contributed by atoms with van der Waals surface area (Å²) >= 11 is 0. The van der Waals surface area contributed by atoms with Gasteiger partial charge in [-0.25, -0.2) is 0 Å². The minimum Gasteiger partial charge on any atom is -0.316 e. The monoisotopic (exact) mass is 182 g/mol. The third kappa shape index (κ3) is 5.68. The maximum Gasteiger partial charge on any atom is 0.0241 e. The minimum atomic E-state index is 0.477. The summed E-state index contributed by atoms with van der Waals surface area (Å²) in [6.07, 6.45) is 7.25. The number of nitrogens with one attached hydrogen (secondary N) is 1. The highest BCUT2D eigenvalue weighted by Crippen LogP contribution is 1.99. The molecule has 0 aromatic rings. The van der Waals surface area contributed by atoms with Gasteiger partial charge < -0.3 is 10.2 Å². The largest absolute Gasteiger partial charge is 0.316 e. The van der Waals surface area contributed by atoms with Gasteiger partial charge in [-0.1, -0.05) is 13.8 Å². The zero-order valence-electron chi connectivity index (χ0n) is 9.14. The first-order valence-corrected chi connectivity index (χ1v) is 5.11. The molecule has 13 heavy (non-hydrogen) atoms. The molecule has 0 aliphatic carbocycles. The van der Waals surface area contributed by atoms with Crippen LogP contribution in [0, 0.1) is 12.3 Å². The lowest BCUT2D eigenvalue weighted by atomic mass is 10.1. The molecule has 1 unspecified atom stereocenters. The standard InChI is InChI=1S/C11H22N2/c1-5-8-11(12-4)9-10-13(6-2)7-3/h1,11-12H,6-10H2,2-4H3. The molecular formula is C11H22N2. The van der Waals surface area contributed by atoms with Crippen LogP contribution in [-0.4, -0.2) is 37.6 Å². The molecule has 1 N–H and O–H groups in total. The molecular weight excluding hydrogens is 160 g/mol. The molecule has 0 heterocycles. The van der Waals surface area contributed by atoms with Gasteiger partial charge in [0.15, 0.2) is 0 Å². The van der Waals surface area contributed by atoms with Gasteiger partial charge in [0.2, 0.25) is 0 Å². The van der Waals surface area contributed by atoms with Gasteiger partial charge in [-0.2, -0.15) is 0 Å². The van der Waals surface area contributed by atoms with Crippen molar-refractivity contribution < 1.29 is 0 Å². The van der Waals surface area contributed by atoms with E-state index in [4.69, 9.17) is 6.42 Å². The van der Waals surface area contributed by atoms with E-state index in [9.17, 15) is 0 Å². The van der Waals surface area contributed by atoms with Crippen LogP contribution in [0.2, 0.25) is 0 Å². The Morgan fingerprint density at radius 2 is 2.00 bits per heavy atom. The van der Waals surface area contributed by atoms with Gasteiger partial charge in [-0.15, -0.1) is 12.3 Å². The Morgan fingerprint density at radius 1 is 1.38 bits per heavy atom. The molecule has 0 rings (SSSR count). The van der Waals surface area contributed by atoms with Crippen molar-refractivity contribution in [1.29, 1.82) is 0 Å². The molecule has 0 amide bonds. The molecule has 0 radical (unpaired) electrons. The predicted octanol–water partition coefficient (Wildman–Crippen LogP) is 1.33. The van der Waals surface area contributed by atoms with Crippen molar-refractivity contribution >= 4 is 0 Å². The molecule has 0 spiro atoms. The third-order valence-corrected chi connectivity index (χ3v) is 2.46. The predicted molar refractivity (Wildman–Crippen MR) is 58.7 cm³/mol. The number of nitrogens with zero attached hydrogens (tertiary/aromatic N) is 1. The quantitative estimate of drug-likeness (QED) is 0.598. The fourth-order valence-corrected chi connectivity index (χ4v) is 1.37. The molecule has 76 valence electrons. The van der Waals surface area contributed by atoms with Crippen molar-refractivity contribution in [3.63, 3.8) is 0 Å². The van der Waals surface area contributed by atoms with E-state index in [1.54, 1.807) is 0 Å². The first-order valence-electron chi connectivity index (χ1n) is 5.11. The van der Waals surface area contributed by atoms with Crippen LogP contribution in [-0.2, 0) is 0 Å². The molecule has 1 atom stereocenters. The molecule has 0 aliphatic rings. The molecule has 2 nitrogen and oxygen atoms in total. The zero-order valence-corrected chi connectivity index (χ0v) is 9.14. The maximum atomic E-state index is 5.27. The summed E-state index contributed by atoms with van der Waals surface area (Å²) in [5, 5.41) is 3.24. The van der Waals surface area contributed by atoms with Crippen molar-refractivity contribution in [2.75, 3.05) is 26.7 Å². The Bertz CT molecular complexity index is 145. The third-order valence-electron chi connectivity index (χ3n) is 2.46. The fraction of sp³-hybridized carbons (Fsp3) is 0.818. The van der Waals surface area contributed by atoms with E-state index in [2.05, 4.69) is 30.0 Å². The van der Waals surface area contributed by atoms with E-state index in [0.29, 0.717) is 6.04 Å². The van der Waals surface area contributed by atoms with Crippen LogP contribution in [0.3, 0.4) is 0 Å². The zero-order chi connectivity index (χ0) is 10.1. The number of hydrogen-bond donors (Lipinski definition) is 1. The van der Waals surface area contributed by atoms with E-state index in [-0.39, 0.29) is 0 Å². The van der Waals surface area contributed by atoms with E-state index in [1.807, 2.05) is 7.05 Å². The highest BCUT2D eigenvalue weighted by atomic mass is 15.1. The molecule has 0 bridgehead atoms. The minimum absolute atomic E-state index is 0.477. The summed E-state index contributed by atoms with van der Waals surface area (Å²) in [4.78, 5) is 2.42. The Hall–Kier alpha value is -0.520. The molecule has 0 aromatic heterocycles. The van der Waals surface area contributed by atoms with Crippen LogP contribution in [0.1, 0.15) is 26.7 Å². The van der Waals surface area contributed by atoms with E-state index in [0.717, 1.165) is 32.5 Å². The number of hydrogen-bond acceptors (Lipinski definition) is 2. The van der Waals surface area contributed by atoms with Crippen molar-refractivity contribution in [2.24, 2.45) is 0 Å². The average Bonchev–Trinajstić information content (AvgIpc) is 2.17. The lowest BCUT2D eigenvalue weighted by molar-refractivity contribution is 0.284. The van der Waals surface area contributed by atoms with Crippen LogP contribution in [0.4, 0.5) is 0 Å². The number of terminal acetylenes is 1. The molecule has 0 aliphatic heterocycles. The Morgan fingerprint density at radius 3 is 2.38 bits per heavy atom. The van der Waals surface area contributed by atoms with Crippen molar-refractivity contribution in [3.05, 3.63) is 0 Å². The van der Waals surface area contributed by atoms with Gasteiger partial charge in [-0.3, -0.25) is 0 Å². The van der Waals surface area contributed by atoms with Crippen LogP contribution in [0.5, 0.6) is 0 Å². The number of rotatable bonds is 7. The van der Waals surface area contributed by atoms with E-state index >= 15 is 0 Å². The SMILES string of the molecule is C#CCC(CCN(CC)CC)NC. The smallest absolute Gasteiger partial charge is 0.0241 e. The summed E-state index contributed by atoms with van der Waals surface area (Å²) in [5.41, 5.74) is 0. The van der Waals surface area contributed by atoms with Crippen molar-refractivity contribution in [3.8, 4) is 12.3 Å². The summed E-state index contributed by atoms with van der Waals surface area (Å²) < 4.78 is 0. The van der Waals surface area contributed by atoms with Crippen LogP contribution in [0.25, 0.3) is 0 Å². The topological polar surface area (TPSA) is 15.3 Å². The molecule has 0 aromatic carbocycles. The van der Waals surface area contributed by atoms with Crippen LogP contribution in [0.15, 0.2) is 0 Å². The molecule has 2 heteroatoms. The van der Waals surface area contributed by atoms with Gasteiger partial charge in [0.25, 0.3) is 0 Å². The summed E-state index contributed by atoms with van der Waals surface area (Å²) in [7, 11) is 1.98. The van der Waals surface area contributed by atoms with Gasteiger partial charge in [0.1, 0.15) is 0 Å². The van der Waals surface area contributed by atoms with Crippen LogP contribution < -0.4 is 5.32 Å². The van der Waals surface area contributed by atoms with Gasteiger partial charge in [0, 0.05) is 12.5 Å². The second-order valence-electron chi connectivity index (χ2n) is 3.21. The molecule has 0 fully saturated rings. The van der Waals surface area contributed by atoms with Crippen molar-refractivity contribution in [2.45, 2.75) is 32.7 Å². The summed E-state index contributed by atoms with van der Waals surface area (Å²) in [6, 6.07) is 0.477. The second kappa shape index (κ2) is 8.10. The molecule has 0 saturated heterocycles. The van der Waals surface area contributed by atoms with Crippen molar-refractivity contribution in [1.82, 2.24) is 10.2 Å². The first kappa shape index (κ1) is 12.5. The Labute approximate surface area is 82.7 Å². The van der Waals surface area contributed by atoms with Gasteiger partial charge in [-0.05, 0) is 33.1 Å².